The SMILES string of the molecule is N#CSOB(OSC#N)OC(=O)C(=O)[O-].[Li+]. The van der Waals surface area contributed by atoms with Gasteiger partial charge in [0.1, 0.15) is 24.1 Å². The second kappa shape index (κ2) is 10.7. The van der Waals surface area contributed by atoms with Crippen molar-refractivity contribution in [3.8, 4) is 10.8 Å². The Kier molecular flexibility index (Phi) is 11.8. The molecule has 0 N–H and O–H groups in total. The minimum atomic E-state index is -2.10. The summed E-state index contributed by atoms with van der Waals surface area (Å²) in [6, 6.07) is 0. The molecule has 8 nitrogen and oxygen atoms in total. The van der Waals surface area contributed by atoms with Crippen LogP contribution >= 0.6 is 24.1 Å². The van der Waals surface area contributed by atoms with Crippen molar-refractivity contribution in [1.29, 1.82) is 10.5 Å². The molecule has 0 aliphatic carbocycles. The third kappa shape index (κ3) is 8.51. The van der Waals surface area contributed by atoms with Gasteiger partial charge in [-0.1, -0.05) is 0 Å². The number of carboxylic acids is 1. The van der Waals surface area contributed by atoms with Gasteiger partial charge in [0.25, 0.3) is 0 Å². The van der Waals surface area contributed by atoms with E-state index in [4.69, 9.17) is 10.5 Å². The normalized spacial score (nSPS) is 7.88. The molecule has 12 heteroatoms. The molecule has 0 spiro atoms. The minimum absolute atomic E-state index is 0. The maximum absolute atomic E-state index is 10.5. The van der Waals surface area contributed by atoms with Crippen LogP contribution in [0.5, 0.6) is 0 Å². The van der Waals surface area contributed by atoms with Gasteiger partial charge in [0.15, 0.2) is 16.8 Å². The van der Waals surface area contributed by atoms with Gasteiger partial charge in [-0.15, -0.1) is 0 Å². The van der Waals surface area contributed by atoms with Crippen LogP contribution in [0.25, 0.3) is 0 Å². The molecule has 0 aromatic carbocycles. The standard InChI is InChI=1S/C4HBN2O6S2.Li/c6-1-14-12-5(13-15-2-7)11-4(10)3(8)9;/h(H,8,9);/q;+1/p-1. The van der Waals surface area contributed by atoms with Crippen molar-refractivity contribution in [2.45, 2.75) is 0 Å². The fourth-order valence-corrected chi connectivity index (χ4v) is 0.762. The van der Waals surface area contributed by atoms with E-state index >= 15 is 0 Å². The maximum Gasteiger partial charge on any atom is 1.00 e. The third-order valence-electron chi connectivity index (χ3n) is 0.698. The number of nitrogens with zero attached hydrogens (tertiary/aromatic N) is 2. The Morgan fingerprint density at radius 3 is 1.94 bits per heavy atom. The third-order valence-corrected chi connectivity index (χ3v) is 1.35. The van der Waals surface area contributed by atoms with Crippen molar-refractivity contribution in [3.63, 3.8) is 0 Å². The number of rotatable bonds is 5. The van der Waals surface area contributed by atoms with Crippen molar-refractivity contribution in [3.05, 3.63) is 0 Å². The Morgan fingerprint density at radius 2 is 1.62 bits per heavy atom. The van der Waals surface area contributed by atoms with E-state index in [2.05, 4.69) is 12.9 Å². The van der Waals surface area contributed by atoms with Crippen LogP contribution in [-0.2, 0) is 22.4 Å². The predicted octanol–water partition coefficient (Wildman–Crippen LogP) is -4.44. The van der Waals surface area contributed by atoms with Gasteiger partial charge in [-0.2, -0.15) is 10.5 Å². The molecule has 0 aromatic rings. The van der Waals surface area contributed by atoms with Crippen LogP contribution in [0.2, 0.25) is 0 Å². The molecule has 0 atom stereocenters. The molecule has 0 unspecified atom stereocenters. The second-order valence-electron chi connectivity index (χ2n) is 1.52. The van der Waals surface area contributed by atoms with Crippen molar-refractivity contribution in [2.75, 3.05) is 0 Å². The molecule has 0 heterocycles. The first-order chi connectivity index (χ1) is 7.11. The smallest absolute Gasteiger partial charge is 0.539 e. The van der Waals surface area contributed by atoms with Crippen LogP contribution in [-0.4, -0.2) is 19.3 Å². The number of carboxylic acid groups (broad SMARTS) is 1. The Balaban J connectivity index is 0. The van der Waals surface area contributed by atoms with Gasteiger partial charge >= 0.3 is 32.2 Å². The second-order valence-corrected chi connectivity index (χ2v) is 2.61. The van der Waals surface area contributed by atoms with Crippen LogP contribution in [0.15, 0.2) is 0 Å². The molecule has 0 fully saturated rings. The predicted molar refractivity (Wildman–Crippen MR) is 45.4 cm³/mol. The molecule has 0 aliphatic heterocycles. The number of nitriles is 2. The van der Waals surface area contributed by atoms with Crippen LogP contribution in [0.4, 0.5) is 0 Å². The number of carbonyl (C=O) groups is 2. The summed E-state index contributed by atoms with van der Waals surface area (Å²) in [6.07, 6.45) is 0. The van der Waals surface area contributed by atoms with E-state index in [-0.39, 0.29) is 42.9 Å². The van der Waals surface area contributed by atoms with Gasteiger partial charge in [-0.05, 0) is 0 Å². The molecule has 0 saturated heterocycles. The molecule has 0 saturated carbocycles. The summed E-state index contributed by atoms with van der Waals surface area (Å²) in [7, 11) is -1.79. The van der Waals surface area contributed by atoms with Crippen molar-refractivity contribution >= 4 is 43.3 Å². The molecule has 78 valence electrons. The maximum atomic E-state index is 10.5. The number of aliphatic carboxylic acids is 1. The fraction of sp³-hybridized carbons (Fsp3) is 0. The molecule has 16 heavy (non-hydrogen) atoms. The number of hydrogen-bond acceptors (Lipinski definition) is 10. The Labute approximate surface area is 111 Å². The number of hydrogen-bond donors (Lipinski definition) is 0. The summed E-state index contributed by atoms with van der Waals surface area (Å²) in [4.78, 5) is 20.4. The Bertz CT molecular complexity index is 311. The summed E-state index contributed by atoms with van der Waals surface area (Å²) in [5.41, 5.74) is 0. The van der Waals surface area contributed by atoms with Crippen LogP contribution in [0.3, 0.4) is 0 Å². The monoisotopic (exact) mass is 254 g/mol. The van der Waals surface area contributed by atoms with E-state index in [1.807, 2.05) is 0 Å². The topological polar surface area (TPSA) is 132 Å². The first kappa shape index (κ1) is 17.6. The number of thiocyanates is 2. The first-order valence-corrected chi connectivity index (χ1v) is 4.45. The minimum Gasteiger partial charge on any atom is -0.539 e. The average Bonchev–Trinajstić information content (AvgIpc) is 2.21. The Morgan fingerprint density at radius 1 is 1.19 bits per heavy atom. The van der Waals surface area contributed by atoms with Gasteiger partial charge in [-0.3, -0.25) is 8.20 Å². The molecular weight excluding hydrogens is 254 g/mol. The van der Waals surface area contributed by atoms with Crippen LogP contribution in [0, 0.1) is 21.3 Å². The zero-order valence-electron chi connectivity index (χ0n) is 7.74. The van der Waals surface area contributed by atoms with Gasteiger partial charge < -0.3 is 14.6 Å². The number of carbonyl (C=O) groups excluding carboxylic acids is 2. The van der Waals surface area contributed by atoms with E-state index in [9.17, 15) is 14.7 Å². The summed E-state index contributed by atoms with van der Waals surface area (Å²) < 4.78 is 12.7. The van der Waals surface area contributed by atoms with Crippen molar-refractivity contribution in [1.82, 2.24) is 0 Å². The quantitative estimate of drug-likeness (QED) is 0.205. The molecule has 0 aliphatic rings. The molecule has 0 bridgehead atoms. The molecule has 0 rings (SSSR count). The summed E-state index contributed by atoms with van der Waals surface area (Å²) in [5, 5.41) is 29.0. The molecule has 0 radical (unpaired) electrons. The van der Waals surface area contributed by atoms with Crippen molar-refractivity contribution < 1.29 is 46.4 Å². The van der Waals surface area contributed by atoms with E-state index in [1.165, 1.54) is 10.8 Å². The summed E-state index contributed by atoms with van der Waals surface area (Å²) >= 11 is 0.375. The molecule has 0 amide bonds. The fourth-order valence-electron chi connectivity index (χ4n) is 0.312. The average molecular weight is 254 g/mol. The van der Waals surface area contributed by atoms with Crippen LogP contribution in [0.1, 0.15) is 0 Å². The van der Waals surface area contributed by atoms with Gasteiger partial charge in [0, 0.05) is 0 Å². The van der Waals surface area contributed by atoms with E-state index in [1.54, 1.807) is 0 Å². The van der Waals surface area contributed by atoms with Gasteiger partial charge in [-0.25, -0.2) is 4.79 Å². The van der Waals surface area contributed by atoms with Crippen LogP contribution < -0.4 is 24.0 Å². The molecular formula is C4BLiN2O6S2. The zero-order chi connectivity index (χ0) is 11.7. The van der Waals surface area contributed by atoms with Gasteiger partial charge in [0.2, 0.25) is 0 Å². The zero-order valence-corrected chi connectivity index (χ0v) is 9.37. The molecule has 0 aromatic heterocycles. The summed E-state index contributed by atoms with van der Waals surface area (Å²) in [6.45, 7) is 0. The van der Waals surface area contributed by atoms with Gasteiger partial charge in [0.05, 0.1) is 0 Å². The summed E-state index contributed by atoms with van der Waals surface area (Å²) in [5.74, 6) is -3.84. The van der Waals surface area contributed by atoms with E-state index in [0.717, 1.165) is 0 Å². The largest absolute Gasteiger partial charge is 1.00 e. The first-order valence-electron chi connectivity index (χ1n) is 2.96. The van der Waals surface area contributed by atoms with Crippen molar-refractivity contribution in [2.24, 2.45) is 0 Å². The van der Waals surface area contributed by atoms with E-state index in [0.29, 0.717) is 0 Å². The van der Waals surface area contributed by atoms with E-state index < -0.39 is 19.3 Å². The Hall–Kier alpha value is -0.798.